The van der Waals surface area contributed by atoms with E-state index in [1.165, 1.54) is 0 Å². The van der Waals surface area contributed by atoms with E-state index < -0.39 is 5.91 Å². The highest BCUT2D eigenvalue weighted by molar-refractivity contribution is 5.83. The number of hydrogen-bond donors (Lipinski definition) is 2. The van der Waals surface area contributed by atoms with Crippen molar-refractivity contribution >= 4 is 23.2 Å². The maximum absolute atomic E-state index is 13.0. The number of hydrogen-bond acceptors (Lipinski definition) is 4. The van der Waals surface area contributed by atoms with Crippen molar-refractivity contribution in [3.63, 3.8) is 0 Å². The number of nitrogens with zero attached hydrogens (tertiary/aromatic N) is 2. The third kappa shape index (κ3) is 4.78. The highest BCUT2D eigenvalue weighted by atomic mass is 16.2. The molecule has 27 heavy (non-hydrogen) atoms. The average molecular weight is 366 g/mol. The lowest BCUT2D eigenvalue weighted by Gasteiger charge is -2.33. The fourth-order valence-corrected chi connectivity index (χ4v) is 3.50. The molecule has 1 aliphatic heterocycles. The van der Waals surface area contributed by atoms with Crippen molar-refractivity contribution in [2.75, 3.05) is 30.3 Å². The first-order valence-corrected chi connectivity index (χ1v) is 9.27. The summed E-state index contributed by atoms with van der Waals surface area (Å²) in [6.07, 6.45) is 2.05. The molecule has 3 rings (SSSR count). The summed E-state index contributed by atoms with van der Waals surface area (Å²) in [4.78, 5) is 28.0. The van der Waals surface area contributed by atoms with Crippen LogP contribution in [0.25, 0.3) is 0 Å². The summed E-state index contributed by atoms with van der Waals surface area (Å²) >= 11 is 0. The highest BCUT2D eigenvalue weighted by Gasteiger charge is 2.23. The van der Waals surface area contributed by atoms with Gasteiger partial charge in [0.25, 0.3) is 0 Å². The van der Waals surface area contributed by atoms with Crippen LogP contribution in [-0.2, 0) is 22.6 Å². The fourth-order valence-electron chi connectivity index (χ4n) is 3.50. The Morgan fingerprint density at radius 3 is 2.59 bits per heavy atom. The van der Waals surface area contributed by atoms with Gasteiger partial charge in [0.1, 0.15) is 0 Å². The number of anilines is 2. The summed E-state index contributed by atoms with van der Waals surface area (Å²) in [6, 6.07) is 15.6. The maximum atomic E-state index is 13.0. The second-order valence-electron chi connectivity index (χ2n) is 6.89. The predicted octanol–water partition coefficient (Wildman–Crippen LogP) is 1.93. The van der Waals surface area contributed by atoms with E-state index in [4.69, 9.17) is 11.5 Å². The van der Waals surface area contributed by atoms with Gasteiger partial charge in [-0.15, -0.1) is 0 Å². The van der Waals surface area contributed by atoms with Crippen LogP contribution < -0.4 is 16.4 Å². The minimum absolute atomic E-state index is 0.0182. The third-order valence-electron chi connectivity index (χ3n) is 4.91. The Balaban J connectivity index is 1.74. The summed E-state index contributed by atoms with van der Waals surface area (Å²) < 4.78 is 0. The molecule has 0 radical (unpaired) electrons. The first kappa shape index (κ1) is 18.8. The van der Waals surface area contributed by atoms with Crippen molar-refractivity contribution < 1.29 is 9.59 Å². The summed E-state index contributed by atoms with van der Waals surface area (Å²) in [7, 11) is 0. The predicted molar refractivity (Wildman–Crippen MR) is 107 cm³/mol. The van der Waals surface area contributed by atoms with Crippen LogP contribution in [0.5, 0.6) is 0 Å². The molecule has 2 aromatic carbocycles. The van der Waals surface area contributed by atoms with E-state index in [0.29, 0.717) is 13.1 Å². The quantitative estimate of drug-likeness (QED) is 0.732. The summed E-state index contributed by atoms with van der Waals surface area (Å²) in [5.41, 5.74) is 15.4. The fraction of sp³-hybridized carbons (Fsp3) is 0.333. The lowest BCUT2D eigenvalue weighted by Crippen LogP contribution is -2.43. The van der Waals surface area contributed by atoms with Gasteiger partial charge in [-0.1, -0.05) is 36.4 Å². The van der Waals surface area contributed by atoms with Crippen LogP contribution >= 0.6 is 0 Å². The van der Waals surface area contributed by atoms with E-state index in [9.17, 15) is 9.59 Å². The second kappa shape index (κ2) is 8.58. The smallest absolute Gasteiger partial charge is 0.242 e. The summed E-state index contributed by atoms with van der Waals surface area (Å²) in [6.45, 7) is 1.87. The van der Waals surface area contributed by atoms with E-state index in [2.05, 4.69) is 4.90 Å². The van der Waals surface area contributed by atoms with Gasteiger partial charge in [-0.05, 0) is 36.1 Å². The zero-order chi connectivity index (χ0) is 19.2. The van der Waals surface area contributed by atoms with Crippen molar-refractivity contribution in [1.29, 1.82) is 0 Å². The summed E-state index contributed by atoms with van der Waals surface area (Å²) in [5, 5.41) is 0. The molecular formula is C21H26N4O2. The van der Waals surface area contributed by atoms with Crippen LogP contribution in [0, 0.1) is 0 Å². The Hall–Kier alpha value is -3.02. The number of rotatable bonds is 7. The molecule has 0 fully saturated rings. The Kier molecular flexibility index (Phi) is 5.96. The van der Waals surface area contributed by atoms with Gasteiger partial charge in [0, 0.05) is 37.4 Å². The van der Waals surface area contributed by atoms with Gasteiger partial charge in [0.15, 0.2) is 0 Å². The van der Waals surface area contributed by atoms with E-state index in [0.717, 1.165) is 41.9 Å². The monoisotopic (exact) mass is 366 g/mol. The average Bonchev–Trinajstić information content (AvgIpc) is 2.66. The molecule has 1 heterocycles. The first-order valence-electron chi connectivity index (χ1n) is 9.27. The number of amides is 2. The largest absolute Gasteiger partial charge is 0.398 e. The topological polar surface area (TPSA) is 92.7 Å². The van der Waals surface area contributed by atoms with Crippen molar-refractivity contribution in [1.82, 2.24) is 4.90 Å². The van der Waals surface area contributed by atoms with Gasteiger partial charge in [-0.2, -0.15) is 0 Å². The molecule has 0 unspecified atom stereocenters. The number of benzene rings is 2. The zero-order valence-electron chi connectivity index (χ0n) is 15.4. The van der Waals surface area contributed by atoms with Gasteiger partial charge < -0.3 is 21.3 Å². The minimum Gasteiger partial charge on any atom is -0.398 e. The van der Waals surface area contributed by atoms with Crippen molar-refractivity contribution in [2.24, 2.45) is 5.73 Å². The highest BCUT2D eigenvalue weighted by Crippen LogP contribution is 2.31. The number of nitrogens with two attached hydrogens (primary N) is 2. The third-order valence-corrected chi connectivity index (χ3v) is 4.91. The molecule has 0 saturated heterocycles. The van der Waals surface area contributed by atoms with Gasteiger partial charge in [0.05, 0.1) is 6.54 Å². The number of nitrogen functional groups attached to an aromatic ring is 1. The molecule has 2 aromatic rings. The molecule has 0 aliphatic carbocycles. The standard InChI is InChI=1S/C21H26N4O2/c22-18-9-4-10-19-17(18)8-5-12-24(19)15-21(27)25(13-11-20(23)26)14-16-6-2-1-3-7-16/h1-4,6-7,9-10H,5,8,11-15,22H2,(H2,23,26). The lowest BCUT2D eigenvalue weighted by molar-refractivity contribution is -0.130. The van der Waals surface area contributed by atoms with E-state index in [1.807, 2.05) is 48.5 Å². The van der Waals surface area contributed by atoms with E-state index >= 15 is 0 Å². The Morgan fingerprint density at radius 1 is 1.07 bits per heavy atom. The first-order chi connectivity index (χ1) is 13.0. The number of carbonyl (C=O) groups is 2. The molecule has 6 nitrogen and oxygen atoms in total. The van der Waals surface area contributed by atoms with Gasteiger partial charge in [-0.25, -0.2) is 0 Å². The molecule has 0 saturated carbocycles. The van der Waals surface area contributed by atoms with Crippen LogP contribution in [0.15, 0.2) is 48.5 Å². The van der Waals surface area contributed by atoms with Crippen LogP contribution in [0.3, 0.4) is 0 Å². The lowest BCUT2D eigenvalue weighted by atomic mass is 10.00. The Morgan fingerprint density at radius 2 is 1.85 bits per heavy atom. The van der Waals surface area contributed by atoms with E-state index in [1.54, 1.807) is 4.90 Å². The molecule has 4 N–H and O–H groups in total. The second-order valence-corrected chi connectivity index (χ2v) is 6.89. The van der Waals surface area contributed by atoms with Gasteiger partial charge >= 0.3 is 0 Å². The normalized spacial score (nSPS) is 13.1. The van der Waals surface area contributed by atoms with Crippen LogP contribution in [0.4, 0.5) is 11.4 Å². The molecule has 6 heteroatoms. The van der Waals surface area contributed by atoms with Crippen LogP contribution in [0.2, 0.25) is 0 Å². The summed E-state index contributed by atoms with van der Waals surface area (Å²) in [5.74, 6) is -0.424. The van der Waals surface area contributed by atoms with Crippen LogP contribution in [-0.4, -0.2) is 36.3 Å². The van der Waals surface area contributed by atoms with Crippen LogP contribution in [0.1, 0.15) is 24.0 Å². The molecule has 0 spiro atoms. The molecule has 2 amide bonds. The van der Waals surface area contributed by atoms with Gasteiger partial charge in [-0.3, -0.25) is 9.59 Å². The molecule has 0 aromatic heterocycles. The molecule has 142 valence electrons. The Labute approximate surface area is 159 Å². The van der Waals surface area contributed by atoms with Crippen molar-refractivity contribution in [3.05, 3.63) is 59.7 Å². The number of fused-ring (bicyclic) bond motifs is 1. The van der Waals surface area contributed by atoms with Gasteiger partial charge in [0.2, 0.25) is 11.8 Å². The van der Waals surface area contributed by atoms with E-state index in [-0.39, 0.29) is 18.9 Å². The molecule has 1 aliphatic rings. The maximum Gasteiger partial charge on any atom is 0.242 e. The number of carbonyl (C=O) groups excluding carboxylic acids is 2. The molecular weight excluding hydrogens is 340 g/mol. The van der Waals surface area contributed by atoms with Crippen molar-refractivity contribution in [3.8, 4) is 0 Å². The molecule has 0 atom stereocenters. The number of primary amides is 1. The zero-order valence-corrected chi connectivity index (χ0v) is 15.4. The Bertz CT molecular complexity index is 807. The minimum atomic E-state index is -0.406. The van der Waals surface area contributed by atoms with Crippen molar-refractivity contribution in [2.45, 2.75) is 25.8 Å². The SMILES string of the molecule is NC(=O)CCN(Cc1ccccc1)C(=O)CN1CCCc2c(N)cccc21. The molecule has 0 bridgehead atoms.